The van der Waals surface area contributed by atoms with Crippen LogP contribution in [0.15, 0.2) is 24.3 Å². The summed E-state index contributed by atoms with van der Waals surface area (Å²) in [5.41, 5.74) is 1.60. The number of amides is 1. The number of esters is 1. The quantitative estimate of drug-likeness (QED) is 0.675. The molecule has 1 aliphatic rings. The van der Waals surface area contributed by atoms with Gasteiger partial charge in [0, 0.05) is 5.56 Å². The van der Waals surface area contributed by atoms with Crippen molar-refractivity contribution in [2.75, 3.05) is 26.7 Å². The van der Waals surface area contributed by atoms with Crippen molar-refractivity contribution in [3.05, 3.63) is 35.4 Å². The lowest BCUT2D eigenvalue weighted by molar-refractivity contribution is -0.907. The van der Waals surface area contributed by atoms with Crippen molar-refractivity contribution in [3.63, 3.8) is 0 Å². The van der Waals surface area contributed by atoms with E-state index in [9.17, 15) is 9.59 Å². The number of ether oxygens (including phenoxy) is 1. The Morgan fingerprint density at radius 2 is 2.33 bits per heavy atom. The van der Waals surface area contributed by atoms with Crippen LogP contribution in [0.25, 0.3) is 0 Å². The molecule has 1 unspecified atom stereocenters. The van der Waals surface area contributed by atoms with Crippen LogP contribution in [0.5, 0.6) is 0 Å². The summed E-state index contributed by atoms with van der Waals surface area (Å²) in [4.78, 5) is 23.9. The van der Waals surface area contributed by atoms with Crippen LogP contribution in [0, 0.1) is 0 Å². The van der Waals surface area contributed by atoms with E-state index in [1.54, 1.807) is 6.07 Å². The molecule has 2 N–H and O–H groups in total. The third-order valence-corrected chi connectivity index (χ3v) is 3.01. The molecule has 1 saturated heterocycles. The molecule has 5 heteroatoms. The van der Waals surface area contributed by atoms with Crippen molar-refractivity contribution >= 4 is 11.9 Å². The van der Waals surface area contributed by atoms with Crippen LogP contribution in [-0.2, 0) is 16.1 Å². The number of hydrogen-bond donors (Lipinski definition) is 2. The van der Waals surface area contributed by atoms with E-state index < -0.39 is 0 Å². The van der Waals surface area contributed by atoms with Crippen LogP contribution in [0.4, 0.5) is 0 Å². The van der Waals surface area contributed by atoms with Crippen LogP contribution in [0.3, 0.4) is 0 Å². The van der Waals surface area contributed by atoms with Crippen LogP contribution in [0.1, 0.15) is 15.9 Å². The molecule has 0 aromatic heterocycles. The third kappa shape index (κ3) is 3.07. The van der Waals surface area contributed by atoms with Gasteiger partial charge in [-0.2, -0.15) is 0 Å². The number of quaternary nitrogens is 1. The molecule has 0 spiro atoms. The lowest BCUT2D eigenvalue weighted by atomic mass is 10.1. The maximum atomic E-state index is 11.4. The molecule has 0 aliphatic carbocycles. The van der Waals surface area contributed by atoms with Gasteiger partial charge in [-0.25, -0.2) is 4.79 Å². The molecular weight excluding hydrogens is 232 g/mol. The van der Waals surface area contributed by atoms with Crippen molar-refractivity contribution in [2.24, 2.45) is 0 Å². The Hall–Kier alpha value is -1.88. The molecular formula is C13H17N2O3+. The second-order valence-corrected chi connectivity index (χ2v) is 4.40. The number of rotatable bonds is 3. The van der Waals surface area contributed by atoms with Gasteiger partial charge in [-0.05, 0) is 12.1 Å². The number of carbonyl (C=O) groups is 2. The Morgan fingerprint density at radius 1 is 1.50 bits per heavy atom. The molecule has 0 bridgehead atoms. The Bertz CT molecular complexity index is 459. The minimum atomic E-state index is -0.330. The average Bonchev–Trinajstić information content (AvgIpc) is 2.38. The lowest BCUT2D eigenvalue weighted by Gasteiger charge is -2.23. The van der Waals surface area contributed by atoms with E-state index in [0.29, 0.717) is 18.7 Å². The van der Waals surface area contributed by atoms with Gasteiger partial charge in [-0.1, -0.05) is 12.1 Å². The highest BCUT2D eigenvalue weighted by atomic mass is 16.5. The fourth-order valence-electron chi connectivity index (χ4n) is 2.12. The first-order valence-electron chi connectivity index (χ1n) is 5.96. The fourth-order valence-corrected chi connectivity index (χ4v) is 2.12. The van der Waals surface area contributed by atoms with Crippen molar-refractivity contribution in [2.45, 2.75) is 6.54 Å². The van der Waals surface area contributed by atoms with Gasteiger partial charge >= 0.3 is 5.97 Å². The predicted octanol–water partition coefficient (Wildman–Crippen LogP) is -1.01. The SMILES string of the molecule is COC(=O)c1cccc(C[NH+]2CCNC(=O)C2)c1. The molecule has 0 radical (unpaired) electrons. The normalized spacial score (nSPS) is 19.2. The largest absolute Gasteiger partial charge is 0.465 e. The molecule has 5 nitrogen and oxygen atoms in total. The van der Waals surface area contributed by atoms with Gasteiger partial charge in [0.05, 0.1) is 25.8 Å². The standard InChI is InChI=1S/C13H16N2O3/c1-18-13(17)11-4-2-3-10(7-11)8-15-6-5-14-12(16)9-15/h2-4,7H,5-6,8-9H2,1H3,(H,14,16)/p+1. The summed E-state index contributed by atoms with van der Waals surface area (Å²) in [6, 6.07) is 7.36. The Balaban J connectivity index is 2.04. The topological polar surface area (TPSA) is 59.8 Å². The number of hydrogen-bond acceptors (Lipinski definition) is 3. The first-order valence-corrected chi connectivity index (χ1v) is 5.96. The van der Waals surface area contributed by atoms with Crippen molar-refractivity contribution < 1.29 is 19.2 Å². The van der Waals surface area contributed by atoms with Gasteiger partial charge in [-0.3, -0.25) is 4.79 Å². The highest BCUT2D eigenvalue weighted by Gasteiger charge is 2.19. The predicted molar refractivity (Wildman–Crippen MR) is 65.2 cm³/mol. The summed E-state index contributed by atoms with van der Waals surface area (Å²) in [6.45, 7) is 2.86. The molecule has 1 atom stereocenters. The summed E-state index contributed by atoms with van der Waals surface area (Å²) in [5, 5.41) is 2.80. The number of methoxy groups -OCH3 is 1. The number of benzene rings is 1. The lowest BCUT2D eigenvalue weighted by Crippen LogP contribution is -3.14. The first-order chi connectivity index (χ1) is 8.69. The van der Waals surface area contributed by atoms with Crippen LogP contribution in [-0.4, -0.2) is 38.6 Å². The molecule has 1 fully saturated rings. The van der Waals surface area contributed by atoms with Crippen molar-refractivity contribution in [1.82, 2.24) is 5.32 Å². The zero-order valence-electron chi connectivity index (χ0n) is 10.4. The summed E-state index contributed by atoms with van der Waals surface area (Å²) >= 11 is 0. The number of nitrogens with one attached hydrogen (secondary N) is 2. The molecule has 1 amide bonds. The van der Waals surface area contributed by atoms with Crippen molar-refractivity contribution in [3.8, 4) is 0 Å². The molecule has 1 aromatic rings. The van der Waals surface area contributed by atoms with E-state index in [4.69, 9.17) is 0 Å². The van der Waals surface area contributed by atoms with Gasteiger partial charge in [0.2, 0.25) is 0 Å². The van der Waals surface area contributed by atoms with Gasteiger partial charge in [0.15, 0.2) is 6.54 Å². The minimum Gasteiger partial charge on any atom is -0.465 e. The molecule has 0 saturated carbocycles. The maximum absolute atomic E-state index is 11.4. The maximum Gasteiger partial charge on any atom is 0.337 e. The molecule has 18 heavy (non-hydrogen) atoms. The summed E-state index contributed by atoms with van der Waals surface area (Å²) in [5.74, 6) is -0.247. The Labute approximate surface area is 106 Å². The van der Waals surface area contributed by atoms with Gasteiger partial charge in [0.25, 0.3) is 5.91 Å². The second-order valence-electron chi connectivity index (χ2n) is 4.40. The van der Waals surface area contributed by atoms with Crippen LogP contribution < -0.4 is 10.2 Å². The summed E-state index contributed by atoms with van der Waals surface area (Å²) in [7, 11) is 1.37. The zero-order valence-corrected chi connectivity index (χ0v) is 10.4. The van der Waals surface area contributed by atoms with Gasteiger partial charge in [-0.15, -0.1) is 0 Å². The molecule has 1 aliphatic heterocycles. The number of carbonyl (C=O) groups excluding carboxylic acids is 2. The van der Waals surface area contributed by atoms with Crippen LogP contribution in [0.2, 0.25) is 0 Å². The summed E-state index contributed by atoms with van der Waals surface area (Å²) in [6.07, 6.45) is 0. The van der Waals surface area contributed by atoms with E-state index in [1.807, 2.05) is 18.2 Å². The van der Waals surface area contributed by atoms with Gasteiger partial charge in [0.1, 0.15) is 6.54 Å². The Morgan fingerprint density at radius 3 is 3.06 bits per heavy atom. The highest BCUT2D eigenvalue weighted by molar-refractivity contribution is 5.89. The molecule has 96 valence electrons. The van der Waals surface area contributed by atoms with E-state index in [-0.39, 0.29) is 11.9 Å². The van der Waals surface area contributed by atoms with Crippen LogP contribution >= 0.6 is 0 Å². The number of piperazine rings is 1. The van der Waals surface area contributed by atoms with E-state index in [2.05, 4.69) is 10.1 Å². The second kappa shape index (κ2) is 5.64. The highest BCUT2D eigenvalue weighted by Crippen LogP contribution is 2.05. The monoisotopic (exact) mass is 249 g/mol. The Kier molecular flexibility index (Phi) is 3.94. The van der Waals surface area contributed by atoms with Gasteiger partial charge < -0.3 is 15.0 Å². The van der Waals surface area contributed by atoms with E-state index in [0.717, 1.165) is 18.7 Å². The summed E-state index contributed by atoms with van der Waals surface area (Å²) < 4.78 is 4.69. The first kappa shape index (κ1) is 12.6. The smallest absolute Gasteiger partial charge is 0.337 e. The third-order valence-electron chi connectivity index (χ3n) is 3.01. The minimum absolute atomic E-state index is 0.0837. The molecule has 1 heterocycles. The van der Waals surface area contributed by atoms with E-state index >= 15 is 0 Å². The molecule has 2 rings (SSSR count). The van der Waals surface area contributed by atoms with E-state index in [1.165, 1.54) is 12.0 Å². The fraction of sp³-hybridized carbons (Fsp3) is 0.385. The zero-order chi connectivity index (χ0) is 13.0. The van der Waals surface area contributed by atoms with Crippen molar-refractivity contribution in [1.29, 1.82) is 0 Å². The average molecular weight is 249 g/mol. The molecule has 1 aromatic carbocycles.